The van der Waals surface area contributed by atoms with Gasteiger partial charge in [-0.2, -0.15) is 0 Å². The lowest BCUT2D eigenvalue weighted by atomic mass is 9.82. The van der Waals surface area contributed by atoms with Crippen LogP contribution < -0.4 is 4.74 Å². The van der Waals surface area contributed by atoms with E-state index in [0.717, 1.165) is 6.08 Å². The molecule has 3 rings (SSSR count). The van der Waals surface area contributed by atoms with Crippen LogP contribution in [0.2, 0.25) is 0 Å². The lowest BCUT2D eigenvalue weighted by molar-refractivity contribution is -0.159. The van der Waals surface area contributed by atoms with Crippen molar-refractivity contribution >= 4 is 29.8 Å². The maximum absolute atomic E-state index is 12.6. The Hall–Kier alpha value is -3.69. The van der Waals surface area contributed by atoms with Crippen LogP contribution in [0.1, 0.15) is 61.7 Å². The van der Waals surface area contributed by atoms with Crippen LogP contribution in [0, 0.1) is 17.8 Å². The summed E-state index contributed by atoms with van der Waals surface area (Å²) in [5, 5.41) is 9.08. The van der Waals surface area contributed by atoms with Gasteiger partial charge in [-0.15, -0.1) is 0 Å². The van der Waals surface area contributed by atoms with Crippen LogP contribution in [0.25, 0.3) is 0 Å². The maximum Gasteiger partial charge on any atom is 0.341 e. The standard InChI is InChI=1S/C26H30O10/c1-2-22(27)33-15-34-24(30)17-9-13-21(14-10-17)36-26(32)19-5-3-18(4-6-19)25(31)35-20-11-7-16(8-12-20)23(28)29/h2,9-10,13-14,16,18-20H,1,3-8,11-12,15H2,(H,28,29). The fourth-order valence-electron chi connectivity index (χ4n) is 4.39. The van der Waals surface area contributed by atoms with Crippen molar-refractivity contribution in [1.82, 2.24) is 0 Å². The van der Waals surface area contributed by atoms with Crippen molar-refractivity contribution in [2.75, 3.05) is 6.79 Å². The monoisotopic (exact) mass is 502 g/mol. The third-order valence-corrected chi connectivity index (χ3v) is 6.57. The van der Waals surface area contributed by atoms with Gasteiger partial charge in [0.2, 0.25) is 6.79 Å². The first kappa shape index (κ1) is 26.9. The van der Waals surface area contributed by atoms with E-state index >= 15 is 0 Å². The first-order valence-electron chi connectivity index (χ1n) is 12.0. The van der Waals surface area contributed by atoms with Crippen LogP contribution in [-0.4, -0.2) is 47.8 Å². The van der Waals surface area contributed by atoms with Crippen LogP contribution in [0.3, 0.4) is 0 Å². The zero-order chi connectivity index (χ0) is 26.1. The SMILES string of the molecule is C=CC(=O)OCOC(=O)c1ccc(OC(=O)C2CCC(C(=O)OC3CCC(C(=O)O)CC3)CC2)cc1. The van der Waals surface area contributed by atoms with Crippen LogP contribution >= 0.6 is 0 Å². The topological polar surface area (TPSA) is 142 Å². The highest BCUT2D eigenvalue weighted by Crippen LogP contribution is 2.33. The molecule has 2 aliphatic rings. The molecular formula is C26H30O10. The molecule has 0 aromatic heterocycles. The zero-order valence-corrected chi connectivity index (χ0v) is 19.9. The van der Waals surface area contributed by atoms with Crippen molar-refractivity contribution in [3.8, 4) is 5.75 Å². The predicted molar refractivity (Wildman–Crippen MR) is 124 cm³/mol. The van der Waals surface area contributed by atoms with Gasteiger partial charge in [-0.25, -0.2) is 9.59 Å². The molecule has 2 aliphatic carbocycles. The number of carboxylic acid groups (broad SMARTS) is 1. The van der Waals surface area contributed by atoms with E-state index in [1.165, 1.54) is 24.3 Å². The summed E-state index contributed by atoms with van der Waals surface area (Å²) >= 11 is 0. The van der Waals surface area contributed by atoms with Gasteiger partial charge in [0.05, 0.1) is 23.3 Å². The number of hydrogen-bond acceptors (Lipinski definition) is 9. The van der Waals surface area contributed by atoms with E-state index in [9.17, 15) is 24.0 Å². The van der Waals surface area contributed by atoms with Crippen molar-refractivity contribution in [2.24, 2.45) is 17.8 Å². The minimum atomic E-state index is -0.799. The van der Waals surface area contributed by atoms with Gasteiger partial charge in [0.1, 0.15) is 11.9 Å². The molecule has 36 heavy (non-hydrogen) atoms. The molecule has 2 fully saturated rings. The molecule has 2 saturated carbocycles. The zero-order valence-electron chi connectivity index (χ0n) is 19.9. The van der Waals surface area contributed by atoms with E-state index < -0.39 is 30.7 Å². The Morgan fingerprint density at radius 1 is 0.806 bits per heavy atom. The lowest BCUT2D eigenvalue weighted by Gasteiger charge is -2.30. The molecule has 194 valence electrons. The summed E-state index contributed by atoms with van der Waals surface area (Å²) in [7, 11) is 0. The lowest BCUT2D eigenvalue weighted by Crippen LogP contribution is -2.33. The highest BCUT2D eigenvalue weighted by molar-refractivity contribution is 5.89. The first-order valence-corrected chi connectivity index (χ1v) is 12.0. The molecule has 0 spiro atoms. The van der Waals surface area contributed by atoms with Gasteiger partial charge in [0.25, 0.3) is 0 Å². The third-order valence-electron chi connectivity index (χ3n) is 6.57. The van der Waals surface area contributed by atoms with E-state index in [2.05, 4.69) is 11.3 Å². The van der Waals surface area contributed by atoms with E-state index in [1.807, 2.05) is 0 Å². The normalized spacial score (nSPS) is 23.6. The van der Waals surface area contributed by atoms with Gasteiger partial charge >= 0.3 is 29.8 Å². The van der Waals surface area contributed by atoms with Crippen LogP contribution in [0.4, 0.5) is 0 Å². The number of hydrogen-bond donors (Lipinski definition) is 1. The van der Waals surface area contributed by atoms with Crippen molar-refractivity contribution < 1.29 is 48.0 Å². The van der Waals surface area contributed by atoms with Crippen molar-refractivity contribution in [3.05, 3.63) is 42.5 Å². The summed E-state index contributed by atoms with van der Waals surface area (Å²) in [4.78, 5) is 59.0. The van der Waals surface area contributed by atoms with Gasteiger partial charge < -0.3 is 24.1 Å². The molecule has 0 heterocycles. The van der Waals surface area contributed by atoms with Gasteiger partial charge in [0.15, 0.2) is 0 Å². The molecule has 0 radical (unpaired) electrons. The summed E-state index contributed by atoms with van der Waals surface area (Å²) < 4.78 is 20.4. The van der Waals surface area contributed by atoms with Crippen molar-refractivity contribution in [2.45, 2.75) is 57.5 Å². The predicted octanol–water partition coefficient (Wildman–Crippen LogP) is 3.43. The van der Waals surface area contributed by atoms with E-state index in [0.29, 0.717) is 51.4 Å². The fourth-order valence-corrected chi connectivity index (χ4v) is 4.39. The van der Waals surface area contributed by atoms with Gasteiger partial charge in [0, 0.05) is 6.08 Å². The highest BCUT2D eigenvalue weighted by Gasteiger charge is 2.34. The number of esters is 4. The van der Waals surface area contributed by atoms with Crippen LogP contribution in [0.15, 0.2) is 36.9 Å². The second-order valence-electron chi connectivity index (χ2n) is 8.96. The fraction of sp³-hybridized carbons (Fsp3) is 0.500. The number of benzene rings is 1. The van der Waals surface area contributed by atoms with Gasteiger partial charge in [-0.05, 0) is 75.6 Å². The molecule has 0 atom stereocenters. The quantitative estimate of drug-likeness (QED) is 0.231. The minimum absolute atomic E-state index is 0.194. The Morgan fingerprint density at radius 2 is 1.36 bits per heavy atom. The summed E-state index contributed by atoms with van der Waals surface area (Å²) in [6.07, 6.45) is 4.89. The summed E-state index contributed by atoms with van der Waals surface area (Å²) in [5.74, 6) is -3.60. The second-order valence-corrected chi connectivity index (χ2v) is 8.96. The number of ether oxygens (including phenoxy) is 4. The second kappa shape index (κ2) is 12.9. The number of carbonyl (C=O) groups excluding carboxylic acids is 4. The summed E-state index contributed by atoms with van der Waals surface area (Å²) in [6.45, 7) is 2.69. The van der Waals surface area contributed by atoms with Crippen LogP contribution in [-0.2, 0) is 33.4 Å². The number of carboxylic acids is 1. The van der Waals surface area contributed by atoms with Gasteiger partial charge in [-0.1, -0.05) is 6.58 Å². The molecule has 0 saturated heterocycles. The van der Waals surface area contributed by atoms with Crippen LogP contribution in [0.5, 0.6) is 5.75 Å². The molecule has 0 amide bonds. The average molecular weight is 503 g/mol. The maximum atomic E-state index is 12.6. The summed E-state index contributed by atoms with van der Waals surface area (Å²) in [5.41, 5.74) is 0.194. The highest BCUT2D eigenvalue weighted by atomic mass is 16.7. The van der Waals surface area contributed by atoms with Gasteiger partial charge in [-0.3, -0.25) is 14.4 Å². The molecule has 10 nitrogen and oxygen atoms in total. The largest absolute Gasteiger partial charge is 0.481 e. The Kier molecular flexibility index (Phi) is 9.61. The third kappa shape index (κ3) is 7.66. The number of rotatable bonds is 9. The Bertz CT molecular complexity index is 967. The van der Waals surface area contributed by atoms with E-state index in [4.69, 9.17) is 19.3 Å². The molecule has 0 unspecified atom stereocenters. The van der Waals surface area contributed by atoms with Crippen molar-refractivity contribution in [3.63, 3.8) is 0 Å². The molecule has 1 aromatic carbocycles. The minimum Gasteiger partial charge on any atom is -0.481 e. The molecular weight excluding hydrogens is 472 g/mol. The summed E-state index contributed by atoms with van der Waals surface area (Å²) in [6, 6.07) is 5.78. The molecule has 10 heteroatoms. The molecule has 0 aliphatic heterocycles. The number of aliphatic carboxylic acids is 1. The smallest absolute Gasteiger partial charge is 0.341 e. The van der Waals surface area contributed by atoms with E-state index in [1.54, 1.807) is 0 Å². The Labute approximate surface area is 208 Å². The Morgan fingerprint density at radius 3 is 1.92 bits per heavy atom. The number of carbonyl (C=O) groups is 5. The molecule has 0 bridgehead atoms. The first-order chi connectivity index (χ1) is 17.3. The Balaban J connectivity index is 1.38. The van der Waals surface area contributed by atoms with Crippen molar-refractivity contribution in [1.29, 1.82) is 0 Å². The molecule has 1 aromatic rings. The molecule has 1 N–H and O–H groups in total. The average Bonchev–Trinajstić information content (AvgIpc) is 2.89. The van der Waals surface area contributed by atoms with E-state index in [-0.39, 0.29) is 41.1 Å².